The van der Waals surface area contributed by atoms with Gasteiger partial charge in [-0.05, 0) is 41.8 Å². The van der Waals surface area contributed by atoms with Gasteiger partial charge in [0.2, 0.25) is 0 Å². The van der Waals surface area contributed by atoms with Crippen LogP contribution in [0.4, 0.5) is 0 Å². The van der Waals surface area contributed by atoms with Gasteiger partial charge in [0, 0.05) is 35.3 Å². The fourth-order valence-electron chi connectivity index (χ4n) is 4.10. The second kappa shape index (κ2) is 9.72. The number of nitrogens with one attached hydrogen (secondary N) is 1. The Morgan fingerprint density at radius 2 is 1.81 bits per heavy atom. The van der Waals surface area contributed by atoms with Crippen molar-refractivity contribution in [3.63, 3.8) is 0 Å². The number of H-pyrrole nitrogens is 1. The summed E-state index contributed by atoms with van der Waals surface area (Å²) in [4.78, 5) is 17.8. The van der Waals surface area contributed by atoms with Gasteiger partial charge in [0.1, 0.15) is 0 Å². The molecule has 0 atom stereocenters. The maximum absolute atomic E-state index is 13.1. The zero-order valence-electron chi connectivity index (χ0n) is 18.9. The van der Waals surface area contributed by atoms with Crippen LogP contribution in [0.2, 0.25) is 0 Å². The lowest BCUT2D eigenvalue weighted by Crippen LogP contribution is -2.26. The van der Waals surface area contributed by atoms with E-state index in [2.05, 4.69) is 46.4 Å². The van der Waals surface area contributed by atoms with E-state index < -0.39 is 0 Å². The molecular formula is C24H29N7O. The highest BCUT2D eigenvalue weighted by Crippen LogP contribution is 2.29. The third-order valence-electron chi connectivity index (χ3n) is 5.82. The molecular weight excluding hydrogens is 402 g/mol. The molecule has 3 aromatic heterocycles. The molecule has 0 amide bonds. The molecule has 1 N–H and O–H groups in total. The van der Waals surface area contributed by atoms with Crippen molar-refractivity contribution in [2.45, 2.75) is 59.5 Å². The highest BCUT2D eigenvalue weighted by Gasteiger charge is 2.17. The minimum absolute atomic E-state index is 0.0634. The molecule has 0 radical (unpaired) electrons. The number of aromatic nitrogens is 7. The van der Waals surface area contributed by atoms with E-state index in [1.807, 2.05) is 51.7 Å². The molecule has 0 aliphatic carbocycles. The molecule has 8 nitrogen and oxygen atoms in total. The van der Waals surface area contributed by atoms with Crippen molar-refractivity contribution in [2.24, 2.45) is 0 Å². The summed E-state index contributed by atoms with van der Waals surface area (Å²) in [7, 11) is 0. The third-order valence-corrected chi connectivity index (χ3v) is 5.82. The van der Waals surface area contributed by atoms with Crippen LogP contribution in [-0.2, 0) is 19.5 Å². The highest BCUT2D eigenvalue weighted by molar-refractivity contribution is 5.79. The number of pyridine rings is 1. The Balaban J connectivity index is 1.64. The van der Waals surface area contributed by atoms with Crippen LogP contribution in [0.5, 0.6) is 0 Å². The first-order valence-electron chi connectivity index (χ1n) is 11.2. The second-order valence-corrected chi connectivity index (χ2v) is 7.99. The SMILES string of the molecule is CCCCn1c(C)c(CCC)n(Cc2ccc(-c3ccccc3-c3nnn[nH]3)cn2)c1=O. The van der Waals surface area contributed by atoms with Crippen molar-refractivity contribution in [3.8, 4) is 22.5 Å². The van der Waals surface area contributed by atoms with Gasteiger partial charge in [-0.25, -0.2) is 9.89 Å². The Labute approximate surface area is 187 Å². The van der Waals surface area contributed by atoms with Crippen LogP contribution < -0.4 is 5.69 Å². The van der Waals surface area contributed by atoms with Crippen LogP contribution in [0.15, 0.2) is 47.4 Å². The summed E-state index contributed by atoms with van der Waals surface area (Å²) < 4.78 is 3.81. The topological polar surface area (TPSA) is 94.3 Å². The summed E-state index contributed by atoms with van der Waals surface area (Å²) in [6.07, 6.45) is 5.80. The average Bonchev–Trinajstić information content (AvgIpc) is 3.43. The number of hydrogen-bond donors (Lipinski definition) is 1. The average molecular weight is 432 g/mol. The van der Waals surface area contributed by atoms with Gasteiger partial charge >= 0.3 is 5.69 Å². The summed E-state index contributed by atoms with van der Waals surface area (Å²) in [5.41, 5.74) is 6.00. The molecule has 166 valence electrons. The van der Waals surface area contributed by atoms with Crippen LogP contribution >= 0.6 is 0 Å². The van der Waals surface area contributed by atoms with E-state index in [4.69, 9.17) is 0 Å². The zero-order valence-corrected chi connectivity index (χ0v) is 18.9. The third kappa shape index (κ3) is 4.26. The number of benzene rings is 1. The van der Waals surface area contributed by atoms with Gasteiger partial charge < -0.3 is 0 Å². The van der Waals surface area contributed by atoms with Crippen LogP contribution in [0.3, 0.4) is 0 Å². The number of nitrogens with zero attached hydrogens (tertiary/aromatic N) is 6. The van der Waals surface area contributed by atoms with Crippen LogP contribution in [-0.4, -0.2) is 34.7 Å². The summed E-state index contributed by atoms with van der Waals surface area (Å²) >= 11 is 0. The monoisotopic (exact) mass is 431 g/mol. The van der Waals surface area contributed by atoms with E-state index in [-0.39, 0.29) is 5.69 Å². The Kier molecular flexibility index (Phi) is 6.58. The Bertz CT molecular complexity index is 1220. The normalized spacial score (nSPS) is 11.2. The molecule has 0 unspecified atom stereocenters. The zero-order chi connectivity index (χ0) is 22.5. The van der Waals surface area contributed by atoms with E-state index in [0.29, 0.717) is 12.4 Å². The van der Waals surface area contributed by atoms with Crippen LogP contribution in [0.1, 0.15) is 50.2 Å². The molecule has 32 heavy (non-hydrogen) atoms. The molecule has 0 saturated heterocycles. The molecule has 8 heteroatoms. The lowest BCUT2D eigenvalue weighted by atomic mass is 10.0. The Hall–Kier alpha value is -3.55. The standard InChI is InChI=1S/C24H29N7O/c1-4-6-14-30-17(3)22(9-5-2)31(24(30)32)16-19-13-12-18(15-25-19)20-10-7-8-11-21(20)23-26-28-29-27-23/h7-8,10-13,15H,4-6,9,14,16H2,1-3H3,(H,26,27,28,29). The molecule has 0 fully saturated rings. The summed E-state index contributed by atoms with van der Waals surface area (Å²) in [5, 5.41) is 14.2. The van der Waals surface area contributed by atoms with Crippen LogP contribution in [0.25, 0.3) is 22.5 Å². The first-order valence-corrected chi connectivity index (χ1v) is 11.2. The van der Waals surface area contributed by atoms with E-state index in [1.165, 1.54) is 0 Å². The molecule has 0 aliphatic rings. The van der Waals surface area contributed by atoms with E-state index in [0.717, 1.165) is 66.0 Å². The first kappa shape index (κ1) is 21.7. The van der Waals surface area contributed by atoms with Crippen molar-refractivity contribution >= 4 is 0 Å². The van der Waals surface area contributed by atoms with E-state index >= 15 is 0 Å². The predicted octanol–water partition coefficient (Wildman–Crippen LogP) is 4.00. The van der Waals surface area contributed by atoms with E-state index in [1.54, 1.807) is 0 Å². The minimum Gasteiger partial charge on any atom is -0.296 e. The number of imidazole rings is 1. The molecule has 4 aromatic rings. The number of hydrogen-bond acceptors (Lipinski definition) is 5. The van der Waals surface area contributed by atoms with Gasteiger partial charge in [-0.2, -0.15) is 0 Å². The largest absolute Gasteiger partial charge is 0.328 e. The summed E-state index contributed by atoms with van der Waals surface area (Å²) in [5.74, 6) is 0.615. The highest BCUT2D eigenvalue weighted by atomic mass is 16.1. The van der Waals surface area contributed by atoms with Crippen molar-refractivity contribution < 1.29 is 0 Å². The fourth-order valence-corrected chi connectivity index (χ4v) is 4.10. The number of unbranched alkanes of at least 4 members (excludes halogenated alkanes) is 1. The first-order chi connectivity index (χ1) is 15.6. The lowest BCUT2D eigenvalue weighted by molar-refractivity contribution is 0.583. The van der Waals surface area contributed by atoms with Crippen LogP contribution in [0, 0.1) is 6.92 Å². The minimum atomic E-state index is 0.0634. The van der Waals surface area contributed by atoms with Crippen molar-refractivity contribution in [1.82, 2.24) is 34.7 Å². The van der Waals surface area contributed by atoms with Crippen molar-refractivity contribution in [2.75, 3.05) is 0 Å². The fraction of sp³-hybridized carbons (Fsp3) is 0.375. The van der Waals surface area contributed by atoms with Crippen molar-refractivity contribution in [3.05, 3.63) is 70.2 Å². The molecule has 0 bridgehead atoms. The van der Waals surface area contributed by atoms with Gasteiger partial charge in [0.05, 0.1) is 12.2 Å². The number of rotatable bonds is 9. The number of tetrazole rings is 1. The molecule has 3 heterocycles. The maximum atomic E-state index is 13.1. The predicted molar refractivity (Wildman–Crippen MR) is 124 cm³/mol. The van der Waals surface area contributed by atoms with E-state index in [9.17, 15) is 4.79 Å². The summed E-state index contributed by atoms with van der Waals surface area (Å²) in [6.45, 7) is 7.59. The molecule has 0 spiro atoms. The Morgan fingerprint density at radius 3 is 2.47 bits per heavy atom. The lowest BCUT2D eigenvalue weighted by Gasteiger charge is -2.09. The van der Waals surface area contributed by atoms with Gasteiger partial charge in [-0.1, -0.05) is 57.0 Å². The molecule has 4 rings (SSSR count). The smallest absolute Gasteiger partial charge is 0.296 e. The molecule has 0 aliphatic heterocycles. The van der Waals surface area contributed by atoms with Crippen molar-refractivity contribution in [1.29, 1.82) is 0 Å². The second-order valence-electron chi connectivity index (χ2n) is 7.99. The molecule has 0 saturated carbocycles. The van der Waals surface area contributed by atoms with Gasteiger partial charge in [-0.3, -0.25) is 14.1 Å². The summed E-state index contributed by atoms with van der Waals surface area (Å²) in [6, 6.07) is 12.0. The van der Waals surface area contributed by atoms with Gasteiger partial charge in [0.15, 0.2) is 5.82 Å². The van der Waals surface area contributed by atoms with Gasteiger partial charge in [0.25, 0.3) is 0 Å². The quantitative estimate of drug-likeness (QED) is 0.432. The Morgan fingerprint density at radius 1 is 1.00 bits per heavy atom. The number of aromatic amines is 1. The molecule has 1 aromatic carbocycles. The van der Waals surface area contributed by atoms with Gasteiger partial charge in [-0.15, -0.1) is 5.10 Å². The maximum Gasteiger partial charge on any atom is 0.328 e.